The second-order valence-electron chi connectivity index (χ2n) is 4.48. The van der Waals surface area contributed by atoms with E-state index in [0.29, 0.717) is 18.8 Å². The van der Waals surface area contributed by atoms with E-state index in [1.807, 2.05) is 23.8 Å². The Morgan fingerprint density at radius 2 is 2.30 bits per heavy atom. The van der Waals surface area contributed by atoms with Crippen molar-refractivity contribution in [3.8, 4) is 0 Å². The molecule has 0 saturated carbocycles. The summed E-state index contributed by atoms with van der Waals surface area (Å²) in [6.45, 7) is 2.35. The van der Waals surface area contributed by atoms with Gasteiger partial charge in [-0.25, -0.2) is 9.78 Å². The molecule has 2 aromatic rings. The van der Waals surface area contributed by atoms with E-state index in [0.717, 1.165) is 11.3 Å². The Morgan fingerprint density at radius 1 is 1.50 bits per heavy atom. The van der Waals surface area contributed by atoms with Crippen molar-refractivity contribution in [3.63, 3.8) is 0 Å². The Kier molecular flexibility index (Phi) is 4.70. The van der Waals surface area contributed by atoms with Gasteiger partial charge in [0.15, 0.2) is 0 Å². The fourth-order valence-electron chi connectivity index (χ4n) is 1.97. The summed E-state index contributed by atoms with van der Waals surface area (Å²) in [6.07, 6.45) is 0.714. The van der Waals surface area contributed by atoms with Crippen molar-refractivity contribution in [2.45, 2.75) is 19.4 Å². The molecule has 0 saturated heterocycles. The van der Waals surface area contributed by atoms with Crippen molar-refractivity contribution in [1.29, 1.82) is 0 Å². The standard InChI is InChI=1S/C14H17N3O2S/c1-9-2-3-11(14(18)19)13(16-9)17-12(4-6-15)10-5-7-20-8-10/h2-3,5,7-8,12H,4,6,15H2,1H3,(H,16,17)(H,18,19). The van der Waals surface area contributed by atoms with E-state index in [1.165, 1.54) is 0 Å². The van der Waals surface area contributed by atoms with Crippen LogP contribution in [0.1, 0.15) is 34.1 Å². The normalized spacial score (nSPS) is 12.1. The fourth-order valence-corrected chi connectivity index (χ4v) is 2.68. The van der Waals surface area contributed by atoms with Crippen LogP contribution in [0.5, 0.6) is 0 Å². The number of hydrogen-bond acceptors (Lipinski definition) is 5. The average molecular weight is 291 g/mol. The molecule has 2 aromatic heterocycles. The minimum absolute atomic E-state index is 0.0290. The molecule has 1 atom stereocenters. The number of nitrogens with zero attached hydrogens (tertiary/aromatic N) is 1. The van der Waals surface area contributed by atoms with Crippen LogP contribution in [0, 0.1) is 6.92 Å². The van der Waals surface area contributed by atoms with E-state index in [1.54, 1.807) is 23.5 Å². The van der Waals surface area contributed by atoms with E-state index >= 15 is 0 Å². The van der Waals surface area contributed by atoms with E-state index in [9.17, 15) is 9.90 Å². The third-order valence-corrected chi connectivity index (χ3v) is 3.68. The smallest absolute Gasteiger partial charge is 0.339 e. The van der Waals surface area contributed by atoms with E-state index in [2.05, 4.69) is 10.3 Å². The van der Waals surface area contributed by atoms with Crippen LogP contribution in [0.2, 0.25) is 0 Å². The number of hydrogen-bond donors (Lipinski definition) is 3. The summed E-state index contributed by atoms with van der Waals surface area (Å²) >= 11 is 1.60. The molecule has 0 bridgehead atoms. The number of carboxylic acid groups (broad SMARTS) is 1. The second kappa shape index (κ2) is 6.49. The summed E-state index contributed by atoms with van der Waals surface area (Å²) in [5, 5.41) is 16.5. The van der Waals surface area contributed by atoms with Crippen molar-refractivity contribution < 1.29 is 9.90 Å². The van der Waals surface area contributed by atoms with E-state index in [4.69, 9.17) is 5.73 Å². The Hall–Kier alpha value is -1.92. The summed E-state index contributed by atoms with van der Waals surface area (Å²) in [4.78, 5) is 15.6. The SMILES string of the molecule is Cc1ccc(C(=O)O)c(NC(CCN)c2ccsc2)n1. The largest absolute Gasteiger partial charge is 0.478 e. The molecule has 1 unspecified atom stereocenters. The molecule has 0 amide bonds. The van der Waals surface area contributed by atoms with Crippen molar-refractivity contribution in [1.82, 2.24) is 4.98 Å². The highest BCUT2D eigenvalue weighted by molar-refractivity contribution is 7.08. The van der Waals surface area contributed by atoms with Gasteiger partial charge in [0.1, 0.15) is 11.4 Å². The minimum Gasteiger partial charge on any atom is -0.478 e. The third-order valence-electron chi connectivity index (χ3n) is 2.98. The third kappa shape index (κ3) is 3.34. The predicted molar refractivity (Wildman–Crippen MR) is 80.3 cm³/mol. The molecule has 0 aliphatic rings. The maximum absolute atomic E-state index is 11.3. The highest BCUT2D eigenvalue weighted by atomic mass is 32.1. The molecule has 20 heavy (non-hydrogen) atoms. The van der Waals surface area contributed by atoms with Gasteiger partial charge in [-0.2, -0.15) is 11.3 Å². The van der Waals surface area contributed by atoms with Gasteiger partial charge in [-0.1, -0.05) is 0 Å². The van der Waals surface area contributed by atoms with Crippen LogP contribution < -0.4 is 11.1 Å². The molecular weight excluding hydrogens is 274 g/mol. The topological polar surface area (TPSA) is 88.2 Å². The lowest BCUT2D eigenvalue weighted by atomic mass is 10.1. The number of carbonyl (C=O) groups is 1. The molecule has 2 rings (SSSR count). The van der Waals surface area contributed by atoms with Gasteiger partial charge in [-0.3, -0.25) is 0 Å². The Morgan fingerprint density at radius 3 is 2.90 bits per heavy atom. The van der Waals surface area contributed by atoms with Crippen LogP contribution in [0.4, 0.5) is 5.82 Å². The number of carboxylic acids is 1. The van der Waals surface area contributed by atoms with Crippen molar-refractivity contribution >= 4 is 23.1 Å². The monoisotopic (exact) mass is 291 g/mol. The summed E-state index contributed by atoms with van der Waals surface area (Å²) in [5.41, 5.74) is 7.69. The molecule has 0 aromatic carbocycles. The second-order valence-corrected chi connectivity index (χ2v) is 5.26. The first-order valence-corrected chi connectivity index (χ1v) is 7.25. The highest BCUT2D eigenvalue weighted by Crippen LogP contribution is 2.25. The number of aryl methyl sites for hydroxylation is 1. The quantitative estimate of drug-likeness (QED) is 0.761. The van der Waals surface area contributed by atoms with Crippen LogP contribution in [-0.2, 0) is 0 Å². The maximum atomic E-state index is 11.3. The van der Waals surface area contributed by atoms with Gasteiger partial charge in [-0.05, 0) is 54.4 Å². The molecule has 0 radical (unpaired) electrons. The zero-order chi connectivity index (χ0) is 14.5. The lowest BCUT2D eigenvalue weighted by molar-refractivity contribution is 0.0697. The number of aromatic nitrogens is 1. The number of pyridine rings is 1. The Balaban J connectivity index is 2.30. The zero-order valence-electron chi connectivity index (χ0n) is 11.2. The van der Waals surface area contributed by atoms with Crippen LogP contribution in [0.25, 0.3) is 0 Å². The first-order valence-electron chi connectivity index (χ1n) is 6.31. The van der Waals surface area contributed by atoms with Gasteiger partial charge in [0, 0.05) is 5.69 Å². The van der Waals surface area contributed by atoms with Crippen molar-refractivity contribution in [3.05, 3.63) is 45.8 Å². The van der Waals surface area contributed by atoms with Crippen LogP contribution in [0.15, 0.2) is 29.0 Å². The van der Waals surface area contributed by atoms with E-state index < -0.39 is 5.97 Å². The van der Waals surface area contributed by atoms with Gasteiger partial charge in [-0.15, -0.1) is 0 Å². The first kappa shape index (κ1) is 14.5. The Bertz CT molecular complexity index is 584. The van der Waals surface area contributed by atoms with Gasteiger partial charge in [0.25, 0.3) is 0 Å². The minimum atomic E-state index is -0.989. The van der Waals surface area contributed by atoms with Gasteiger partial charge in [0.05, 0.1) is 6.04 Å². The molecule has 0 aliphatic carbocycles. The number of rotatable bonds is 6. The Labute approximate surface area is 121 Å². The maximum Gasteiger partial charge on any atom is 0.339 e. The van der Waals surface area contributed by atoms with Gasteiger partial charge < -0.3 is 16.2 Å². The molecule has 106 valence electrons. The lowest BCUT2D eigenvalue weighted by Crippen LogP contribution is -2.18. The summed E-state index contributed by atoms with van der Waals surface area (Å²) in [5.74, 6) is -0.598. The number of thiophene rings is 1. The molecule has 0 spiro atoms. The van der Waals surface area contributed by atoms with Gasteiger partial charge in [0.2, 0.25) is 0 Å². The molecule has 4 N–H and O–H groups in total. The van der Waals surface area contributed by atoms with Crippen molar-refractivity contribution in [2.24, 2.45) is 5.73 Å². The fraction of sp³-hybridized carbons (Fsp3) is 0.286. The summed E-state index contributed by atoms with van der Waals surface area (Å²) in [6, 6.07) is 5.24. The zero-order valence-corrected chi connectivity index (χ0v) is 12.0. The van der Waals surface area contributed by atoms with Gasteiger partial charge >= 0.3 is 5.97 Å². The molecule has 2 heterocycles. The van der Waals surface area contributed by atoms with Crippen LogP contribution in [-0.4, -0.2) is 22.6 Å². The number of nitrogens with one attached hydrogen (secondary N) is 1. The lowest BCUT2D eigenvalue weighted by Gasteiger charge is -2.19. The van der Waals surface area contributed by atoms with E-state index in [-0.39, 0.29) is 11.6 Å². The predicted octanol–water partition coefficient (Wildman–Crippen LogP) is 2.65. The summed E-state index contributed by atoms with van der Waals surface area (Å²) in [7, 11) is 0. The number of aromatic carboxylic acids is 1. The first-order chi connectivity index (χ1) is 9.61. The van der Waals surface area contributed by atoms with Crippen LogP contribution in [0.3, 0.4) is 0 Å². The molecule has 0 fully saturated rings. The molecule has 6 heteroatoms. The van der Waals surface area contributed by atoms with Crippen LogP contribution >= 0.6 is 11.3 Å². The van der Waals surface area contributed by atoms with Crippen molar-refractivity contribution in [2.75, 3.05) is 11.9 Å². The summed E-state index contributed by atoms with van der Waals surface area (Å²) < 4.78 is 0. The molecule has 5 nitrogen and oxygen atoms in total. The number of nitrogens with two attached hydrogens (primary N) is 1. The number of anilines is 1. The highest BCUT2D eigenvalue weighted by Gasteiger charge is 2.17. The average Bonchev–Trinajstić information content (AvgIpc) is 2.91. The molecular formula is C14H17N3O2S. The molecule has 0 aliphatic heterocycles.